The van der Waals surface area contributed by atoms with Crippen molar-refractivity contribution in [3.05, 3.63) is 35.0 Å². The molecule has 134 valence electrons. The van der Waals surface area contributed by atoms with Gasteiger partial charge in [-0.3, -0.25) is 0 Å². The third kappa shape index (κ3) is 3.56. The minimum Gasteiger partial charge on any atom is -0.372 e. The molecule has 6 nitrogen and oxygen atoms in total. The van der Waals surface area contributed by atoms with Crippen LogP contribution in [0, 0.1) is 11.3 Å². The van der Waals surface area contributed by atoms with Crippen LogP contribution in [-0.4, -0.2) is 32.2 Å². The number of anilines is 1. The van der Waals surface area contributed by atoms with Crippen LogP contribution in [0.4, 0.5) is 5.69 Å². The maximum absolute atomic E-state index is 9.20. The molecule has 3 rings (SSSR count). The first kappa shape index (κ1) is 18.7. The Kier molecular flexibility index (Phi) is 5.81. The molecule has 26 heavy (non-hydrogen) atoms. The van der Waals surface area contributed by atoms with Gasteiger partial charge in [0.1, 0.15) is 15.8 Å². The molecule has 0 aliphatic carbocycles. The average molecular weight is 405 g/mol. The Balaban J connectivity index is 1.86. The van der Waals surface area contributed by atoms with Gasteiger partial charge in [0.05, 0.1) is 0 Å². The first-order chi connectivity index (χ1) is 12.6. The lowest BCUT2D eigenvalue weighted by Crippen LogP contribution is -2.21. The van der Waals surface area contributed by atoms with Crippen LogP contribution in [0.2, 0.25) is 5.15 Å². The SMILES string of the molecule is CCN(CC)c1ccc(-c2nnc(Sc3snc(Cl)c3C#N)n2C)cc1. The molecule has 0 saturated heterocycles. The van der Waals surface area contributed by atoms with Crippen LogP contribution < -0.4 is 4.90 Å². The predicted molar refractivity (Wildman–Crippen MR) is 106 cm³/mol. The highest BCUT2D eigenvalue weighted by molar-refractivity contribution is 8.01. The van der Waals surface area contributed by atoms with Crippen LogP contribution >= 0.6 is 34.9 Å². The van der Waals surface area contributed by atoms with E-state index in [2.05, 4.69) is 63.7 Å². The smallest absolute Gasteiger partial charge is 0.196 e. The van der Waals surface area contributed by atoms with Gasteiger partial charge in [-0.15, -0.1) is 10.2 Å². The predicted octanol–water partition coefficient (Wildman–Crippen LogP) is 4.46. The summed E-state index contributed by atoms with van der Waals surface area (Å²) in [7, 11) is 1.91. The molecule has 9 heteroatoms. The van der Waals surface area contributed by atoms with Gasteiger partial charge in [0.2, 0.25) is 0 Å². The lowest BCUT2D eigenvalue weighted by atomic mass is 10.2. The van der Waals surface area contributed by atoms with Gasteiger partial charge in [-0.2, -0.15) is 9.64 Å². The van der Waals surface area contributed by atoms with Crippen LogP contribution in [-0.2, 0) is 7.05 Å². The number of hydrogen-bond donors (Lipinski definition) is 0. The van der Waals surface area contributed by atoms with Crippen molar-refractivity contribution in [1.29, 1.82) is 5.26 Å². The highest BCUT2D eigenvalue weighted by Gasteiger charge is 2.18. The first-order valence-corrected chi connectivity index (χ1v) is 10.0. The molecule has 2 aromatic heterocycles. The van der Waals surface area contributed by atoms with Gasteiger partial charge in [0, 0.05) is 31.4 Å². The van der Waals surface area contributed by atoms with E-state index in [4.69, 9.17) is 11.6 Å². The van der Waals surface area contributed by atoms with E-state index in [1.807, 2.05) is 11.6 Å². The molecule has 0 aliphatic heterocycles. The van der Waals surface area contributed by atoms with Crippen LogP contribution in [0.15, 0.2) is 33.6 Å². The van der Waals surface area contributed by atoms with Gasteiger partial charge >= 0.3 is 0 Å². The number of hydrogen-bond acceptors (Lipinski definition) is 7. The van der Waals surface area contributed by atoms with Crippen molar-refractivity contribution in [3.8, 4) is 17.5 Å². The fourth-order valence-electron chi connectivity index (χ4n) is 2.57. The Labute approximate surface area is 165 Å². The Morgan fingerprint density at radius 1 is 1.23 bits per heavy atom. The molecule has 0 fully saturated rings. The summed E-state index contributed by atoms with van der Waals surface area (Å²) >= 11 is 8.47. The second kappa shape index (κ2) is 8.08. The zero-order valence-electron chi connectivity index (χ0n) is 14.6. The number of aromatic nitrogens is 4. The monoisotopic (exact) mass is 404 g/mol. The van der Waals surface area contributed by atoms with E-state index >= 15 is 0 Å². The summed E-state index contributed by atoms with van der Waals surface area (Å²) in [6, 6.07) is 10.4. The molecule has 0 radical (unpaired) electrons. The third-order valence-corrected chi connectivity index (χ3v) is 6.42. The minimum atomic E-state index is 0.231. The fourth-order valence-corrected chi connectivity index (χ4v) is 4.61. The maximum Gasteiger partial charge on any atom is 0.196 e. The van der Waals surface area contributed by atoms with Gasteiger partial charge in [0.25, 0.3) is 0 Å². The van der Waals surface area contributed by atoms with Gasteiger partial charge < -0.3 is 9.47 Å². The van der Waals surface area contributed by atoms with Crippen molar-refractivity contribution in [2.75, 3.05) is 18.0 Å². The van der Waals surface area contributed by atoms with Gasteiger partial charge in [-0.25, -0.2) is 0 Å². The molecule has 0 aliphatic rings. The molecule has 0 amide bonds. The number of rotatable bonds is 6. The molecule has 0 unspecified atom stereocenters. The van der Waals surface area contributed by atoms with Crippen molar-refractivity contribution >= 4 is 40.6 Å². The van der Waals surface area contributed by atoms with E-state index in [0.717, 1.165) is 28.7 Å². The van der Waals surface area contributed by atoms with Crippen LogP contribution in [0.25, 0.3) is 11.4 Å². The summed E-state index contributed by atoms with van der Waals surface area (Å²) in [5.41, 5.74) is 2.56. The molecule has 0 N–H and O–H groups in total. The van der Waals surface area contributed by atoms with E-state index in [1.165, 1.54) is 29.0 Å². The highest BCUT2D eigenvalue weighted by Crippen LogP contribution is 2.36. The van der Waals surface area contributed by atoms with Crippen LogP contribution in [0.5, 0.6) is 0 Å². The zero-order chi connectivity index (χ0) is 18.7. The lowest BCUT2D eigenvalue weighted by Gasteiger charge is -2.21. The Hall–Kier alpha value is -2.08. The van der Waals surface area contributed by atoms with Crippen molar-refractivity contribution < 1.29 is 0 Å². The molecular formula is C17H17ClN6S2. The van der Waals surface area contributed by atoms with Crippen LogP contribution in [0.3, 0.4) is 0 Å². The molecule has 3 aromatic rings. The Morgan fingerprint density at radius 2 is 1.92 bits per heavy atom. The summed E-state index contributed by atoms with van der Waals surface area (Å²) in [4.78, 5) is 2.29. The molecule has 2 heterocycles. The largest absolute Gasteiger partial charge is 0.372 e. The number of halogens is 1. The van der Waals surface area contributed by atoms with Gasteiger partial charge in [0.15, 0.2) is 16.1 Å². The third-order valence-electron chi connectivity index (χ3n) is 4.00. The summed E-state index contributed by atoms with van der Waals surface area (Å²) in [5.74, 6) is 0.771. The van der Waals surface area contributed by atoms with Crippen LogP contribution in [0.1, 0.15) is 19.4 Å². The normalized spacial score (nSPS) is 10.7. The van der Waals surface area contributed by atoms with Gasteiger partial charge in [-0.05, 0) is 61.4 Å². The molecule has 1 aromatic carbocycles. The first-order valence-electron chi connectivity index (χ1n) is 8.06. The van der Waals surface area contributed by atoms with E-state index in [0.29, 0.717) is 10.7 Å². The van der Waals surface area contributed by atoms with Crippen molar-refractivity contribution in [2.45, 2.75) is 23.2 Å². The second-order valence-corrected chi connectivity index (χ2v) is 7.80. The fraction of sp³-hybridized carbons (Fsp3) is 0.294. The second-order valence-electron chi connectivity index (χ2n) is 5.43. The number of nitriles is 1. The van der Waals surface area contributed by atoms with E-state index in [1.54, 1.807) is 0 Å². The summed E-state index contributed by atoms with van der Waals surface area (Å²) < 4.78 is 6.65. The summed E-state index contributed by atoms with van der Waals surface area (Å²) in [5, 5.41) is 18.7. The van der Waals surface area contributed by atoms with E-state index in [9.17, 15) is 5.26 Å². The molecule has 0 saturated carbocycles. The van der Waals surface area contributed by atoms with E-state index < -0.39 is 0 Å². The average Bonchev–Trinajstić information content (AvgIpc) is 3.20. The molecular weight excluding hydrogens is 388 g/mol. The van der Waals surface area contributed by atoms with Crippen molar-refractivity contribution in [2.24, 2.45) is 7.05 Å². The van der Waals surface area contributed by atoms with E-state index in [-0.39, 0.29) is 5.15 Å². The highest BCUT2D eigenvalue weighted by atomic mass is 35.5. The summed E-state index contributed by atoms with van der Waals surface area (Å²) in [6.07, 6.45) is 0. The molecule has 0 atom stereocenters. The number of benzene rings is 1. The molecule has 0 spiro atoms. The lowest BCUT2D eigenvalue weighted by molar-refractivity contribution is 0.794. The quantitative estimate of drug-likeness (QED) is 0.604. The number of nitrogens with zero attached hydrogens (tertiary/aromatic N) is 6. The Morgan fingerprint density at radius 3 is 2.54 bits per heavy atom. The van der Waals surface area contributed by atoms with Crippen molar-refractivity contribution in [1.82, 2.24) is 19.1 Å². The standard InChI is InChI=1S/C17H17ClN6S2/c1-4-24(5-2)12-8-6-11(7-9-12)15-20-21-17(23(15)3)25-16-13(10-19)14(18)22-26-16/h6-9H,4-5H2,1-3H3. The maximum atomic E-state index is 9.20. The zero-order valence-corrected chi connectivity index (χ0v) is 17.0. The Bertz CT molecular complexity index is 937. The topological polar surface area (TPSA) is 70.6 Å². The van der Waals surface area contributed by atoms with Gasteiger partial charge in [-0.1, -0.05) is 11.6 Å². The van der Waals surface area contributed by atoms with Crippen molar-refractivity contribution in [3.63, 3.8) is 0 Å². The molecule has 0 bridgehead atoms. The minimum absolute atomic E-state index is 0.231. The summed E-state index contributed by atoms with van der Waals surface area (Å²) in [6.45, 7) is 6.23.